The number of carbonyl (C=O) groups excluding carboxylic acids is 1. The van der Waals surface area contributed by atoms with Crippen LogP contribution < -0.4 is 14.8 Å². The fourth-order valence-corrected chi connectivity index (χ4v) is 2.87. The number of benzene rings is 2. The summed E-state index contributed by atoms with van der Waals surface area (Å²) in [6.45, 7) is 0.446. The summed E-state index contributed by atoms with van der Waals surface area (Å²) in [7, 11) is 1.61. The first kappa shape index (κ1) is 16.9. The van der Waals surface area contributed by atoms with Crippen molar-refractivity contribution in [2.75, 3.05) is 19.0 Å². The molecule has 0 atom stereocenters. The van der Waals surface area contributed by atoms with E-state index in [-0.39, 0.29) is 5.91 Å². The number of hydrogen-bond donors (Lipinski definition) is 1. The molecular formula is C18H17N3O3S. The Labute approximate surface area is 149 Å². The molecule has 0 bridgehead atoms. The van der Waals surface area contributed by atoms with Crippen LogP contribution in [0.15, 0.2) is 54.6 Å². The molecule has 0 saturated heterocycles. The molecule has 0 saturated carbocycles. The second-order valence-electron chi connectivity index (χ2n) is 5.07. The number of para-hydroxylation sites is 2. The number of hydrogen-bond acceptors (Lipinski definition) is 6. The topological polar surface area (TPSA) is 73.3 Å². The van der Waals surface area contributed by atoms with Crippen molar-refractivity contribution in [2.24, 2.45) is 0 Å². The number of amides is 1. The van der Waals surface area contributed by atoms with Gasteiger partial charge in [0.05, 0.1) is 13.7 Å². The highest BCUT2D eigenvalue weighted by Crippen LogP contribution is 2.26. The summed E-state index contributed by atoms with van der Waals surface area (Å²) in [5, 5.41) is 12.1. The minimum atomic E-state index is -0.200. The number of aromatic nitrogens is 2. The average Bonchev–Trinajstić information content (AvgIpc) is 3.10. The van der Waals surface area contributed by atoms with Gasteiger partial charge in [-0.3, -0.25) is 10.1 Å². The minimum Gasteiger partial charge on any atom is -0.493 e. The predicted octanol–water partition coefficient (Wildman–Crippen LogP) is 3.42. The number of nitrogens with zero attached hydrogens (tertiary/aromatic N) is 2. The largest absolute Gasteiger partial charge is 0.493 e. The number of methoxy groups -OCH3 is 1. The molecule has 128 valence electrons. The van der Waals surface area contributed by atoms with E-state index in [9.17, 15) is 4.79 Å². The molecule has 2 aromatic carbocycles. The average molecular weight is 355 g/mol. The van der Waals surface area contributed by atoms with Crippen LogP contribution in [0.3, 0.4) is 0 Å². The Kier molecular flexibility index (Phi) is 5.58. The molecule has 3 rings (SSSR count). The molecule has 1 aromatic heterocycles. The second-order valence-corrected chi connectivity index (χ2v) is 6.13. The van der Waals surface area contributed by atoms with E-state index in [1.54, 1.807) is 19.2 Å². The van der Waals surface area contributed by atoms with Gasteiger partial charge in [-0.1, -0.05) is 41.7 Å². The highest BCUT2D eigenvalue weighted by molar-refractivity contribution is 7.15. The standard InChI is InChI=1S/C18H17N3O3S/c1-23-14-9-5-6-10-15(14)24-12-11-16-20-21-18(25-16)19-17(22)13-7-3-2-4-8-13/h2-10H,11-12H2,1H3,(H,19,21,22). The molecule has 0 fully saturated rings. The van der Waals surface area contributed by atoms with E-state index in [0.717, 1.165) is 5.01 Å². The Morgan fingerprint density at radius 3 is 2.52 bits per heavy atom. The first-order valence-electron chi connectivity index (χ1n) is 7.71. The van der Waals surface area contributed by atoms with E-state index < -0.39 is 0 Å². The zero-order valence-electron chi connectivity index (χ0n) is 13.6. The van der Waals surface area contributed by atoms with Crippen LogP contribution in [0.4, 0.5) is 5.13 Å². The summed E-state index contributed by atoms with van der Waals surface area (Å²) >= 11 is 1.34. The Hall–Kier alpha value is -2.93. The molecule has 0 aliphatic rings. The van der Waals surface area contributed by atoms with E-state index in [1.807, 2.05) is 42.5 Å². The van der Waals surface area contributed by atoms with Gasteiger partial charge in [-0.2, -0.15) is 0 Å². The summed E-state index contributed by atoms with van der Waals surface area (Å²) < 4.78 is 11.0. The lowest BCUT2D eigenvalue weighted by atomic mass is 10.2. The molecule has 0 spiro atoms. The molecule has 0 unspecified atom stereocenters. The quantitative estimate of drug-likeness (QED) is 0.703. The number of rotatable bonds is 7. The van der Waals surface area contributed by atoms with Crippen LogP contribution in [-0.4, -0.2) is 29.8 Å². The Morgan fingerprint density at radius 1 is 1.04 bits per heavy atom. The number of carbonyl (C=O) groups is 1. The van der Waals surface area contributed by atoms with Crippen LogP contribution in [0.5, 0.6) is 11.5 Å². The molecule has 0 radical (unpaired) electrons. The summed E-state index contributed by atoms with van der Waals surface area (Å²) in [5.41, 5.74) is 0.582. The number of anilines is 1. The predicted molar refractivity (Wildman–Crippen MR) is 96.5 cm³/mol. The van der Waals surface area contributed by atoms with Crippen LogP contribution in [0.2, 0.25) is 0 Å². The number of nitrogens with one attached hydrogen (secondary N) is 1. The van der Waals surface area contributed by atoms with Gasteiger partial charge in [-0.05, 0) is 24.3 Å². The Balaban J connectivity index is 1.53. The van der Waals surface area contributed by atoms with E-state index in [1.165, 1.54) is 11.3 Å². The first-order chi connectivity index (χ1) is 12.3. The van der Waals surface area contributed by atoms with Crippen molar-refractivity contribution in [3.63, 3.8) is 0 Å². The maximum absolute atomic E-state index is 12.1. The first-order valence-corrected chi connectivity index (χ1v) is 8.52. The molecule has 0 aliphatic carbocycles. The smallest absolute Gasteiger partial charge is 0.257 e. The number of ether oxygens (including phenoxy) is 2. The fourth-order valence-electron chi connectivity index (χ4n) is 2.15. The highest BCUT2D eigenvalue weighted by Gasteiger charge is 2.10. The monoisotopic (exact) mass is 355 g/mol. The van der Waals surface area contributed by atoms with Crippen LogP contribution in [0.1, 0.15) is 15.4 Å². The van der Waals surface area contributed by atoms with Gasteiger partial charge in [-0.25, -0.2) is 0 Å². The Bertz CT molecular complexity index is 836. The van der Waals surface area contributed by atoms with Gasteiger partial charge in [0.1, 0.15) is 5.01 Å². The summed E-state index contributed by atoms with van der Waals surface area (Å²) in [4.78, 5) is 12.1. The SMILES string of the molecule is COc1ccccc1OCCc1nnc(NC(=O)c2ccccc2)s1. The van der Waals surface area contributed by atoms with Crippen molar-refractivity contribution < 1.29 is 14.3 Å². The van der Waals surface area contributed by atoms with Gasteiger partial charge in [0, 0.05) is 12.0 Å². The summed E-state index contributed by atoms with van der Waals surface area (Å²) in [6, 6.07) is 16.5. The molecule has 6 nitrogen and oxygen atoms in total. The highest BCUT2D eigenvalue weighted by atomic mass is 32.1. The van der Waals surface area contributed by atoms with E-state index >= 15 is 0 Å². The molecule has 25 heavy (non-hydrogen) atoms. The molecule has 0 aliphatic heterocycles. The van der Waals surface area contributed by atoms with Crippen molar-refractivity contribution in [3.05, 3.63) is 65.2 Å². The van der Waals surface area contributed by atoms with E-state index in [4.69, 9.17) is 9.47 Å². The van der Waals surface area contributed by atoms with Gasteiger partial charge in [-0.15, -0.1) is 10.2 Å². The van der Waals surface area contributed by atoms with Gasteiger partial charge in [0.2, 0.25) is 5.13 Å². The lowest BCUT2D eigenvalue weighted by molar-refractivity contribution is 0.102. The molecule has 3 aromatic rings. The van der Waals surface area contributed by atoms with Crippen LogP contribution in [0, 0.1) is 0 Å². The lowest BCUT2D eigenvalue weighted by Gasteiger charge is -2.09. The van der Waals surface area contributed by atoms with E-state index in [2.05, 4.69) is 15.5 Å². The van der Waals surface area contributed by atoms with Crippen molar-refractivity contribution >= 4 is 22.4 Å². The van der Waals surface area contributed by atoms with Gasteiger partial charge < -0.3 is 9.47 Å². The van der Waals surface area contributed by atoms with Crippen LogP contribution in [-0.2, 0) is 6.42 Å². The maximum Gasteiger partial charge on any atom is 0.257 e. The molecule has 1 amide bonds. The van der Waals surface area contributed by atoms with Crippen molar-refractivity contribution in [1.29, 1.82) is 0 Å². The van der Waals surface area contributed by atoms with E-state index in [0.29, 0.717) is 35.2 Å². The minimum absolute atomic E-state index is 0.200. The zero-order chi connectivity index (χ0) is 17.5. The van der Waals surface area contributed by atoms with Gasteiger partial charge in [0.15, 0.2) is 11.5 Å². The summed E-state index contributed by atoms with van der Waals surface area (Å²) in [6.07, 6.45) is 0.594. The van der Waals surface area contributed by atoms with Gasteiger partial charge in [0.25, 0.3) is 5.91 Å². The van der Waals surface area contributed by atoms with Crippen LogP contribution in [0.25, 0.3) is 0 Å². The second kappa shape index (κ2) is 8.25. The third kappa shape index (κ3) is 4.54. The third-order valence-electron chi connectivity index (χ3n) is 3.37. The summed E-state index contributed by atoms with van der Waals surface area (Å²) in [5.74, 6) is 1.18. The lowest BCUT2D eigenvalue weighted by Crippen LogP contribution is -2.11. The maximum atomic E-state index is 12.1. The molecule has 1 N–H and O–H groups in total. The normalized spacial score (nSPS) is 10.3. The molecule has 7 heteroatoms. The van der Waals surface area contributed by atoms with Crippen molar-refractivity contribution in [3.8, 4) is 11.5 Å². The van der Waals surface area contributed by atoms with Crippen LogP contribution >= 0.6 is 11.3 Å². The third-order valence-corrected chi connectivity index (χ3v) is 4.26. The fraction of sp³-hybridized carbons (Fsp3) is 0.167. The zero-order valence-corrected chi connectivity index (χ0v) is 14.5. The molecular weight excluding hydrogens is 338 g/mol. The van der Waals surface area contributed by atoms with Gasteiger partial charge >= 0.3 is 0 Å². The van der Waals surface area contributed by atoms with Crippen molar-refractivity contribution in [2.45, 2.75) is 6.42 Å². The molecule has 1 heterocycles. The van der Waals surface area contributed by atoms with Crippen molar-refractivity contribution in [1.82, 2.24) is 10.2 Å². The Morgan fingerprint density at radius 2 is 1.76 bits per heavy atom.